The van der Waals surface area contributed by atoms with Gasteiger partial charge in [-0.2, -0.15) is 0 Å². The molecule has 1 N–H and O–H groups in total. The van der Waals surface area contributed by atoms with E-state index in [1.165, 1.54) is 24.3 Å². The van der Waals surface area contributed by atoms with Crippen molar-refractivity contribution in [2.45, 2.75) is 31.5 Å². The summed E-state index contributed by atoms with van der Waals surface area (Å²) in [5.74, 6) is -0.532. The van der Waals surface area contributed by atoms with E-state index in [-0.39, 0.29) is 17.5 Å². The van der Waals surface area contributed by atoms with E-state index in [9.17, 15) is 19.7 Å². The van der Waals surface area contributed by atoms with Crippen molar-refractivity contribution in [2.75, 3.05) is 6.61 Å². The molecule has 2 aliphatic heterocycles. The van der Waals surface area contributed by atoms with Gasteiger partial charge in [0.1, 0.15) is 6.61 Å². The largest absolute Gasteiger partial charge is 0.460 e. The Morgan fingerprint density at radius 3 is 2.56 bits per heavy atom. The number of thiocarbonyl (C=S) groups is 1. The summed E-state index contributed by atoms with van der Waals surface area (Å²) in [5, 5.41) is 13.5. The number of nitro benzene ring substituents is 1. The summed E-state index contributed by atoms with van der Waals surface area (Å²) in [4.78, 5) is 36.1. The maximum absolute atomic E-state index is 12.9. The van der Waals surface area contributed by atoms with Crippen LogP contribution in [0.25, 0.3) is 0 Å². The molecular formula is C15H15N3O6S. The van der Waals surface area contributed by atoms with Crippen molar-refractivity contribution >= 4 is 35.1 Å². The molecule has 2 saturated heterocycles. The first-order valence-corrected chi connectivity index (χ1v) is 7.84. The quantitative estimate of drug-likeness (QED) is 0.489. The molecule has 0 aliphatic carbocycles. The summed E-state index contributed by atoms with van der Waals surface area (Å²) in [6.07, 6.45) is -1.53. The summed E-state index contributed by atoms with van der Waals surface area (Å²) in [7, 11) is 0. The van der Waals surface area contributed by atoms with Gasteiger partial charge < -0.3 is 14.8 Å². The first-order chi connectivity index (χ1) is 11.7. The van der Waals surface area contributed by atoms with E-state index in [1.54, 1.807) is 13.8 Å². The van der Waals surface area contributed by atoms with E-state index >= 15 is 0 Å². The second-order valence-corrected chi connectivity index (χ2v) is 6.71. The molecule has 1 aromatic carbocycles. The summed E-state index contributed by atoms with van der Waals surface area (Å²) in [6.45, 7) is 3.52. The lowest BCUT2D eigenvalue weighted by Gasteiger charge is -2.29. The molecule has 0 unspecified atom stereocenters. The van der Waals surface area contributed by atoms with E-state index in [0.29, 0.717) is 5.56 Å². The van der Waals surface area contributed by atoms with Gasteiger partial charge in [0.15, 0.2) is 12.1 Å². The molecular weight excluding hydrogens is 350 g/mol. The number of ether oxygens (including phenoxy) is 2. The fourth-order valence-corrected chi connectivity index (χ4v) is 3.03. The highest BCUT2D eigenvalue weighted by molar-refractivity contribution is 7.80. The van der Waals surface area contributed by atoms with Crippen LogP contribution in [0.3, 0.4) is 0 Å². The average Bonchev–Trinajstić information content (AvgIpc) is 3.06. The smallest absolute Gasteiger partial charge is 0.417 e. The van der Waals surface area contributed by atoms with Crippen LogP contribution in [0.15, 0.2) is 24.3 Å². The van der Waals surface area contributed by atoms with Crippen molar-refractivity contribution in [3.63, 3.8) is 0 Å². The molecule has 2 heterocycles. The van der Waals surface area contributed by atoms with E-state index in [1.807, 2.05) is 0 Å². The zero-order valence-electron chi connectivity index (χ0n) is 13.4. The van der Waals surface area contributed by atoms with Gasteiger partial charge >= 0.3 is 6.09 Å². The van der Waals surface area contributed by atoms with Gasteiger partial charge in [0.2, 0.25) is 0 Å². The molecule has 0 aromatic heterocycles. The zero-order valence-corrected chi connectivity index (χ0v) is 14.2. The van der Waals surface area contributed by atoms with Crippen molar-refractivity contribution < 1.29 is 24.0 Å². The SMILES string of the molecule is CC1(C)COC(=O)N1C(=O)[C@@H]1NC(=S)O[C@H]1c1ccc([N+](=O)[O-])cc1. The number of non-ortho nitro benzene ring substituents is 1. The Morgan fingerprint density at radius 1 is 1.40 bits per heavy atom. The highest BCUT2D eigenvalue weighted by Gasteiger charge is 2.50. The number of benzene rings is 1. The second-order valence-electron chi connectivity index (χ2n) is 6.34. The van der Waals surface area contributed by atoms with E-state index in [0.717, 1.165) is 4.90 Å². The normalized spacial score (nSPS) is 24.5. The third kappa shape index (κ3) is 3.00. The summed E-state index contributed by atoms with van der Waals surface area (Å²) in [5.41, 5.74) is -0.342. The number of carbonyl (C=O) groups excluding carboxylic acids is 2. The van der Waals surface area contributed by atoms with Gasteiger partial charge in [0.05, 0.1) is 10.5 Å². The predicted molar refractivity (Wildman–Crippen MR) is 88.7 cm³/mol. The van der Waals surface area contributed by atoms with Crippen LogP contribution in [0.1, 0.15) is 25.5 Å². The molecule has 2 amide bonds. The lowest BCUT2D eigenvalue weighted by molar-refractivity contribution is -0.384. The molecule has 2 atom stereocenters. The maximum Gasteiger partial charge on any atom is 0.417 e. The fraction of sp³-hybridized carbons (Fsp3) is 0.400. The fourth-order valence-electron chi connectivity index (χ4n) is 2.80. The van der Waals surface area contributed by atoms with Gasteiger partial charge in [0.25, 0.3) is 16.8 Å². The Balaban J connectivity index is 1.89. The molecule has 0 bridgehead atoms. The minimum absolute atomic E-state index is 0.0204. The average molecular weight is 365 g/mol. The van der Waals surface area contributed by atoms with Crippen LogP contribution in [-0.2, 0) is 14.3 Å². The first kappa shape index (κ1) is 17.1. The summed E-state index contributed by atoms with van der Waals surface area (Å²) >= 11 is 4.99. The van der Waals surface area contributed by atoms with Crippen LogP contribution in [0, 0.1) is 10.1 Å². The zero-order chi connectivity index (χ0) is 18.4. The van der Waals surface area contributed by atoms with Crippen LogP contribution in [0.5, 0.6) is 0 Å². The molecule has 132 valence electrons. The summed E-state index contributed by atoms with van der Waals surface area (Å²) in [6, 6.07) is 4.68. The number of cyclic esters (lactones) is 1. The Hall–Kier alpha value is -2.75. The van der Waals surface area contributed by atoms with Gasteiger partial charge in [-0.1, -0.05) is 0 Å². The molecule has 0 spiro atoms. The lowest BCUT2D eigenvalue weighted by atomic mass is 9.99. The van der Waals surface area contributed by atoms with Crippen molar-refractivity contribution in [1.82, 2.24) is 10.2 Å². The van der Waals surface area contributed by atoms with Crippen molar-refractivity contribution in [2.24, 2.45) is 0 Å². The molecule has 25 heavy (non-hydrogen) atoms. The standard InChI is InChI=1S/C15H15N3O6S/c1-15(2)7-23-14(20)17(15)12(19)10-11(24-13(25)16-10)8-3-5-9(6-4-8)18(21)22/h3-6,10-11H,7H2,1-2H3,(H,16,25)/t10-,11+/m1/s1. The van der Waals surface area contributed by atoms with Crippen LogP contribution in [0.4, 0.5) is 10.5 Å². The third-order valence-electron chi connectivity index (χ3n) is 4.07. The minimum Gasteiger partial charge on any atom is -0.460 e. The molecule has 9 nitrogen and oxygen atoms in total. The number of nitrogens with zero attached hydrogens (tertiary/aromatic N) is 2. The Morgan fingerprint density at radius 2 is 2.04 bits per heavy atom. The van der Waals surface area contributed by atoms with Gasteiger partial charge in [-0.15, -0.1) is 0 Å². The molecule has 0 saturated carbocycles. The van der Waals surface area contributed by atoms with E-state index in [2.05, 4.69) is 5.32 Å². The second kappa shape index (κ2) is 5.96. The lowest BCUT2D eigenvalue weighted by Crippen LogP contribution is -2.53. The number of rotatable bonds is 3. The highest BCUT2D eigenvalue weighted by atomic mass is 32.1. The first-order valence-electron chi connectivity index (χ1n) is 7.43. The topological polar surface area (TPSA) is 111 Å². The molecule has 3 rings (SSSR count). The Kier molecular flexibility index (Phi) is 4.07. The molecule has 0 radical (unpaired) electrons. The number of hydrogen-bond donors (Lipinski definition) is 1. The van der Waals surface area contributed by atoms with Crippen LogP contribution < -0.4 is 5.32 Å². The number of amides is 2. The van der Waals surface area contributed by atoms with Crippen LogP contribution in [0.2, 0.25) is 0 Å². The molecule has 2 aliphatic rings. The van der Waals surface area contributed by atoms with Crippen molar-refractivity contribution in [1.29, 1.82) is 0 Å². The maximum atomic E-state index is 12.9. The van der Waals surface area contributed by atoms with Crippen LogP contribution in [-0.4, -0.2) is 45.2 Å². The Bertz CT molecular complexity index is 763. The molecule has 10 heteroatoms. The van der Waals surface area contributed by atoms with E-state index in [4.69, 9.17) is 21.7 Å². The number of carbonyl (C=O) groups is 2. The Labute approximate surface area is 148 Å². The number of imide groups is 1. The third-order valence-corrected chi connectivity index (χ3v) is 4.28. The van der Waals surface area contributed by atoms with Gasteiger partial charge in [-0.25, -0.2) is 9.69 Å². The molecule has 2 fully saturated rings. The van der Waals surface area contributed by atoms with Gasteiger partial charge in [-0.05, 0) is 43.8 Å². The van der Waals surface area contributed by atoms with Crippen molar-refractivity contribution in [3.05, 3.63) is 39.9 Å². The van der Waals surface area contributed by atoms with E-state index < -0.39 is 34.6 Å². The monoisotopic (exact) mass is 365 g/mol. The van der Waals surface area contributed by atoms with Crippen LogP contribution >= 0.6 is 12.2 Å². The van der Waals surface area contributed by atoms with Gasteiger partial charge in [-0.3, -0.25) is 14.9 Å². The molecule has 1 aromatic rings. The minimum atomic E-state index is -0.932. The highest BCUT2D eigenvalue weighted by Crippen LogP contribution is 2.32. The van der Waals surface area contributed by atoms with Gasteiger partial charge in [0, 0.05) is 12.1 Å². The number of nitro groups is 1. The number of nitrogens with one attached hydrogen (secondary N) is 1. The van der Waals surface area contributed by atoms with Crippen molar-refractivity contribution in [3.8, 4) is 0 Å². The predicted octanol–water partition coefficient (Wildman–Crippen LogP) is 1.67. The number of hydrogen-bond acceptors (Lipinski definition) is 7. The summed E-state index contributed by atoms with van der Waals surface area (Å²) < 4.78 is 10.5.